The molecule has 2 rings (SSSR count). The number of benzene rings is 1. The second-order valence-corrected chi connectivity index (χ2v) is 5.83. The van der Waals surface area contributed by atoms with E-state index in [2.05, 4.69) is 48.5 Å². The fraction of sp³-hybridized carbons (Fsp3) is 0.647. The third kappa shape index (κ3) is 4.22. The van der Waals surface area contributed by atoms with Gasteiger partial charge in [0, 0.05) is 12.6 Å². The smallest absolute Gasteiger partial charge is 0.119 e. The van der Waals surface area contributed by atoms with Crippen molar-refractivity contribution in [3.8, 4) is 5.75 Å². The maximum absolute atomic E-state index is 5.50. The predicted octanol–water partition coefficient (Wildman–Crippen LogP) is 3.08. The van der Waals surface area contributed by atoms with Crippen molar-refractivity contribution in [2.75, 3.05) is 33.3 Å². The third-order valence-corrected chi connectivity index (χ3v) is 4.28. The van der Waals surface area contributed by atoms with Gasteiger partial charge in [-0.05, 0) is 70.4 Å². The summed E-state index contributed by atoms with van der Waals surface area (Å²) in [4.78, 5) is 2.47. The molecule has 0 spiro atoms. The van der Waals surface area contributed by atoms with E-state index in [1.165, 1.54) is 38.0 Å². The van der Waals surface area contributed by atoms with Crippen LogP contribution in [-0.2, 0) is 0 Å². The Morgan fingerprint density at radius 3 is 2.70 bits per heavy atom. The summed E-state index contributed by atoms with van der Waals surface area (Å²) in [7, 11) is 2.23. The molecule has 1 N–H and O–H groups in total. The molecule has 3 heteroatoms. The molecule has 1 fully saturated rings. The van der Waals surface area contributed by atoms with Crippen LogP contribution >= 0.6 is 0 Å². The quantitative estimate of drug-likeness (QED) is 0.864. The van der Waals surface area contributed by atoms with Gasteiger partial charge in [-0.1, -0.05) is 12.1 Å². The van der Waals surface area contributed by atoms with Crippen LogP contribution in [0.15, 0.2) is 24.3 Å². The lowest BCUT2D eigenvalue weighted by atomic mass is 9.98. The molecule has 1 aromatic carbocycles. The average molecular weight is 276 g/mol. The molecule has 1 heterocycles. The molecular weight excluding hydrogens is 248 g/mol. The maximum Gasteiger partial charge on any atom is 0.119 e. The van der Waals surface area contributed by atoms with E-state index in [1.54, 1.807) is 0 Å². The van der Waals surface area contributed by atoms with Crippen molar-refractivity contribution in [3.05, 3.63) is 29.8 Å². The van der Waals surface area contributed by atoms with Crippen molar-refractivity contribution in [1.29, 1.82) is 0 Å². The first kappa shape index (κ1) is 15.3. The van der Waals surface area contributed by atoms with Gasteiger partial charge >= 0.3 is 0 Å². The zero-order chi connectivity index (χ0) is 14.4. The molecular formula is C17H28N2O. The zero-order valence-corrected chi connectivity index (χ0v) is 13.1. The van der Waals surface area contributed by atoms with Gasteiger partial charge < -0.3 is 10.1 Å². The molecule has 1 saturated heterocycles. The molecule has 2 atom stereocenters. The Morgan fingerprint density at radius 2 is 2.10 bits per heavy atom. The van der Waals surface area contributed by atoms with E-state index in [-0.39, 0.29) is 0 Å². The molecule has 20 heavy (non-hydrogen) atoms. The number of nitrogens with one attached hydrogen (secondary N) is 1. The molecule has 1 aliphatic rings. The van der Waals surface area contributed by atoms with Gasteiger partial charge in [0.15, 0.2) is 0 Å². The number of ether oxygens (including phenoxy) is 1. The highest BCUT2D eigenvalue weighted by Crippen LogP contribution is 2.23. The summed E-state index contributed by atoms with van der Waals surface area (Å²) >= 11 is 0. The van der Waals surface area contributed by atoms with Crippen LogP contribution in [0.25, 0.3) is 0 Å². The minimum Gasteiger partial charge on any atom is -0.494 e. The van der Waals surface area contributed by atoms with E-state index in [1.807, 2.05) is 6.92 Å². The number of piperidine rings is 1. The van der Waals surface area contributed by atoms with E-state index in [0.717, 1.165) is 18.3 Å². The second kappa shape index (κ2) is 7.65. The Labute approximate surface area is 123 Å². The molecule has 2 unspecified atom stereocenters. The number of hydrogen-bond acceptors (Lipinski definition) is 3. The fourth-order valence-corrected chi connectivity index (χ4v) is 2.91. The predicted molar refractivity (Wildman–Crippen MR) is 84.2 cm³/mol. The number of nitrogens with zero attached hydrogens (tertiary/aromatic N) is 1. The van der Waals surface area contributed by atoms with Gasteiger partial charge in [0.05, 0.1) is 6.61 Å². The monoisotopic (exact) mass is 276 g/mol. The molecule has 1 aromatic rings. The molecule has 0 saturated carbocycles. The Morgan fingerprint density at radius 1 is 1.35 bits per heavy atom. The standard InChI is InChI=1S/C17H28N2O/c1-4-20-17-9-7-16(8-10-17)14(2)19(3)13-15-6-5-11-18-12-15/h7-10,14-15,18H,4-6,11-13H2,1-3H3. The van der Waals surface area contributed by atoms with Gasteiger partial charge in [0.25, 0.3) is 0 Å². The largest absolute Gasteiger partial charge is 0.494 e. The van der Waals surface area contributed by atoms with Gasteiger partial charge in [0.2, 0.25) is 0 Å². The molecule has 0 amide bonds. The first-order valence-electron chi connectivity index (χ1n) is 7.84. The van der Waals surface area contributed by atoms with Crippen molar-refractivity contribution in [3.63, 3.8) is 0 Å². The van der Waals surface area contributed by atoms with Gasteiger partial charge in [-0.3, -0.25) is 4.90 Å². The second-order valence-electron chi connectivity index (χ2n) is 5.83. The van der Waals surface area contributed by atoms with Crippen molar-refractivity contribution in [2.24, 2.45) is 5.92 Å². The SMILES string of the molecule is CCOc1ccc(C(C)N(C)CC2CCCNC2)cc1. The van der Waals surface area contributed by atoms with Crippen LogP contribution in [0, 0.1) is 5.92 Å². The minimum absolute atomic E-state index is 0.451. The van der Waals surface area contributed by atoms with Crippen molar-refractivity contribution in [2.45, 2.75) is 32.7 Å². The molecule has 0 aliphatic carbocycles. The van der Waals surface area contributed by atoms with Crippen LogP contribution < -0.4 is 10.1 Å². The Kier molecular flexibility index (Phi) is 5.86. The van der Waals surface area contributed by atoms with E-state index in [4.69, 9.17) is 4.74 Å². The maximum atomic E-state index is 5.50. The summed E-state index contributed by atoms with van der Waals surface area (Å²) in [5, 5.41) is 3.50. The highest BCUT2D eigenvalue weighted by Gasteiger charge is 2.18. The van der Waals surface area contributed by atoms with E-state index in [9.17, 15) is 0 Å². The number of rotatable bonds is 6. The lowest BCUT2D eigenvalue weighted by Gasteiger charge is -2.31. The van der Waals surface area contributed by atoms with Crippen LogP contribution in [0.5, 0.6) is 5.75 Å². The van der Waals surface area contributed by atoms with E-state index >= 15 is 0 Å². The van der Waals surface area contributed by atoms with Crippen molar-refractivity contribution in [1.82, 2.24) is 10.2 Å². The summed E-state index contributed by atoms with van der Waals surface area (Å²) in [5.74, 6) is 1.75. The number of hydrogen-bond donors (Lipinski definition) is 1. The summed E-state index contributed by atoms with van der Waals surface area (Å²) in [6, 6.07) is 8.97. The minimum atomic E-state index is 0.451. The average Bonchev–Trinajstić information content (AvgIpc) is 2.48. The van der Waals surface area contributed by atoms with Gasteiger partial charge in [-0.2, -0.15) is 0 Å². The molecule has 112 valence electrons. The normalized spacial score (nSPS) is 20.9. The zero-order valence-electron chi connectivity index (χ0n) is 13.1. The van der Waals surface area contributed by atoms with Crippen LogP contribution in [-0.4, -0.2) is 38.2 Å². The highest BCUT2D eigenvalue weighted by atomic mass is 16.5. The molecule has 1 aliphatic heterocycles. The highest BCUT2D eigenvalue weighted by molar-refractivity contribution is 5.28. The van der Waals surface area contributed by atoms with E-state index in [0.29, 0.717) is 6.04 Å². The lowest BCUT2D eigenvalue weighted by molar-refractivity contribution is 0.199. The third-order valence-electron chi connectivity index (χ3n) is 4.28. The van der Waals surface area contributed by atoms with Crippen molar-refractivity contribution < 1.29 is 4.74 Å². The Hall–Kier alpha value is -1.06. The van der Waals surface area contributed by atoms with Crippen LogP contribution in [0.4, 0.5) is 0 Å². The lowest BCUT2D eigenvalue weighted by Crippen LogP contribution is -2.37. The fourth-order valence-electron chi connectivity index (χ4n) is 2.91. The van der Waals surface area contributed by atoms with Crippen LogP contribution in [0.3, 0.4) is 0 Å². The topological polar surface area (TPSA) is 24.5 Å². The summed E-state index contributed by atoms with van der Waals surface area (Å²) in [5.41, 5.74) is 1.36. The first-order chi connectivity index (χ1) is 9.70. The summed E-state index contributed by atoms with van der Waals surface area (Å²) in [6.45, 7) is 8.55. The molecule has 3 nitrogen and oxygen atoms in total. The van der Waals surface area contributed by atoms with Gasteiger partial charge in [-0.25, -0.2) is 0 Å². The van der Waals surface area contributed by atoms with Gasteiger partial charge in [-0.15, -0.1) is 0 Å². The summed E-state index contributed by atoms with van der Waals surface area (Å²) in [6.07, 6.45) is 2.67. The molecule has 0 aromatic heterocycles. The van der Waals surface area contributed by atoms with E-state index < -0.39 is 0 Å². The first-order valence-corrected chi connectivity index (χ1v) is 7.84. The Balaban J connectivity index is 1.89. The van der Waals surface area contributed by atoms with Crippen LogP contribution in [0.1, 0.15) is 38.3 Å². The molecule has 0 radical (unpaired) electrons. The van der Waals surface area contributed by atoms with Crippen molar-refractivity contribution >= 4 is 0 Å². The van der Waals surface area contributed by atoms with Gasteiger partial charge in [0.1, 0.15) is 5.75 Å². The summed E-state index contributed by atoms with van der Waals surface area (Å²) < 4.78 is 5.50. The molecule has 0 bridgehead atoms. The Bertz CT molecular complexity index is 384. The van der Waals surface area contributed by atoms with Crippen LogP contribution in [0.2, 0.25) is 0 Å².